The molecule has 2 aromatic heterocycles. The lowest BCUT2D eigenvalue weighted by atomic mass is 10.2. The largest absolute Gasteiger partial charge is 0.492 e. The second-order valence-electron chi connectivity index (χ2n) is 5.87. The monoisotopic (exact) mass is 496 g/mol. The maximum absolute atomic E-state index is 5.71. The van der Waals surface area contributed by atoms with E-state index in [1.165, 1.54) is 5.56 Å². The predicted octanol–water partition coefficient (Wildman–Crippen LogP) is 3.13. The third-order valence-electron chi connectivity index (χ3n) is 3.69. The molecule has 9 heteroatoms. The van der Waals surface area contributed by atoms with Crippen molar-refractivity contribution in [1.82, 2.24) is 25.8 Å². The number of furan rings is 1. The zero-order chi connectivity index (χ0) is 18.9. The maximum atomic E-state index is 5.71. The molecule has 0 aliphatic rings. The molecule has 3 N–H and O–H groups in total. The summed E-state index contributed by atoms with van der Waals surface area (Å²) in [6.07, 6.45) is 1.59. The van der Waals surface area contributed by atoms with E-state index < -0.39 is 0 Å². The Morgan fingerprint density at radius 2 is 2.04 bits per heavy atom. The van der Waals surface area contributed by atoms with Crippen molar-refractivity contribution in [1.29, 1.82) is 0 Å². The third-order valence-corrected chi connectivity index (χ3v) is 3.69. The minimum absolute atomic E-state index is 0. The topological polar surface area (TPSA) is 100 Å². The number of hydrogen-bond donors (Lipinski definition) is 3. The molecule has 0 saturated carbocycles. The van der Waals surface area contributed by atoms with Gasteiger partial charge in [-0.3, -0.25) is 5.10 Å². The summed E-state index contributed by atoms with van der Waals surface area (Å²) in [5.41, 5.74) is 1.21. The molecular weight excluding hydrogens is 471 g/mol. The molecule has 8 nitrogen and oxygen atoms in total. The van der Waals surface area contributed by atoms with E-state index in [0.29, 0.717) is 43.1 Å². The van der Waals surface area contributed by atoms with E-state index in [-0.39, 0.29) is 24.0 Å². The highest BCUT2D eigenvalue weighted by Crippen LogP contribution is 2.14. The molecule has 0 aliphatic heterocycles. The second kappa shape index (κ2) is 11.3. The summed E-state index contributed by atoms with van der Waals surface area (Å²) in [5, 5.41) is 13.5. The standard InChI is InChI=1S/C19H24N6O2.HI/c1-3-20-19(21-10-12-26-15-8-6-14(2)7-9-15)22-13-17-23-18(25-24-17)16-5-4-11-27-16;/h4-9,11H,3,10,12-13H2,1-2H3,(H2,20,21,22)(H,23,24,25);1H. The van der Waals surface area contributed by atoms with E-state index in [1.54, 1.807) is 12.3 Å². The quantitative estimate of drug-likeness (QED) is 0.192. The Morgan fingerprint density at radius 1 is 1.21 bits per heavy atom. The fraction of sp³-hybridized carbons (Fsp3) is 0.316. The lowest BCUT2D eigenvalue weighted by molar-refractivity contribution is 0.322. The summed E-state index contributed by atoms with van der Waals surface area (Å²) >= 11 is 0. The Hall–Kier alpha value is -2.56. The number of aliphatic imine (C=N–C) groups is 1. The number of benzene rings is 1. The van der Waals surface area contributed by atoms with Crippen LogP contribution in [0.5, 0.6) is 5.75 Å². The van der Waals surface area contributed by atoms with E-state index in [0.717, 1.165) is 12.3 Å². The molecule has 0 atom stereocenters. The van der Waals surface area contributed by atoms with Crippen molar-refractivity contribution in [3.63, 3.8) is 0 Å². The zero-order valence-electron chi connectivity index (χ0n) is 15.9. The van der Waals surface area contributed by atoms with Crippen LogP contribution in [0.1, 0.15) is 18.3 Å². The van der Waals surface area contributed by atoms with E-state index in [4.69, 9.17) is 9.15 Å². The molecule has 28 heavy (non-hydrogen) atoms. The highest BCUT2D eigenvalue weighted by Gasteiger charge is 2.08. The summed E-state index contributed by atoms with van der Waals surface area (Å²) in [6, 6.07) is 11.6. The van der Waals surface area contributed by atoms with Gasteiger partial charge >= 0.3 is 0 Å². The number of H-pyrrole nitrogens is 1. The predicted molar refractivity (Wildman–Crippen MR) is 119 cm³/mol. The van der Waals surface area contributed by atoms with Crippen LogP contribution in [-0.2, 0) is 6.54 Å². The van der Waals surface area contributed by atoms with Crippen LogP contribution in [0.2, 0.25) is 0 Å². The molecule has 1 aromatic carbocycles. The van der Waals surface area contributed by atoms with Gasteiger partial charge in [-0.1, -0.05) is 17.7 Å². The first-order valence-electron chi connectivity index (χ1n) is 8.91. The van der Waals surface area contributed by atoms with Gasteiger partial charge in [0.25, 0.3) is 0 Å². The number of rotatable bonds is 8. The van der Waals surface area contributed by atoms with Crippen molar-refractivity contribution in [3.05, 3.63) is 54.0 Å². The molecule has 0 fully saturated rings. The molecule has 0 aliphatic carbocycles. The van der Waals surface area contributed by atoms with Gasteiger partial charge in [0, 0.05) is 6.54 Å². The van der Waals surface area contributed by atoms with Gasteiger partial charge in [0.05, 0.1) is 12.8 Å². The first kappa shape index (κ1) is 21.7. The Bertz CT molecular complexity index is 846. The SMILES string of the molecule is CCNC(=NCc1nc(-c2ccco2)n[nH]1)NCCOc1ccc(C)cc1.I. The molecule has 0 saturated heterocycles. The lowest BCUT2D eigenvalue weighted by Gasteiger charge is -2.12. The zero-order valence-corrected chi connectivity index (χ0v) is 18.3. The number of ether oxygens (including phenoxy) is 1. The summed E-state index contributed by atoms with van der Waals surface area (Å²) in [7, 11) is 0. The lowest BCUT2D eigenvalue weighted by Crippen LogP contribution is -2.39. The minimum atomic E-state index is 0. The fourth-order valence-corrected chi connectivity index (χ4v) is 2.35. The summed E-state index contributed by atoms with van der Waals surface area (Å²) < 4.78 is 11.0. The van der Waals surface area contributed by atoms with Crippen LogP contribution in [0, 0.1) is 6.92 Å². The van der Waals surface area contributed by atoms with Gasteiger partial charge in [-0.15, -0.1) is 29.1 Å². The Labute approximate surface area is 181 Å². The highest BCUT2D eigenvalue weighted by atomic mass is 127. The molecule has 0 unspecified atom stereocenters. The Morgan fingerprint density at radius 3 is 2.75 bits per heavy atom. The van der Waals surface area contributed by atoms with Crippen molar-refractivity contribution in [2.45, 2.75) is 20.4 Å². The maximum Gasteiger partial charge on any atom is 0.216 e. The number of aromatic nitrogens is 3. The number of aromatic amines is 1. The summed E-state index contributed by atoms with van der Waals surface area (Å²) in [6.45, 7) is 6.38. The van der Waals surface area contributed by atoms with Crippen LogP contribution in [0.25, 0.3) is 11.6 Å². The van der Waals surface area contributed by atoms with E-state index >= 15 is 0 Å². The first-order valence-corrected chi connectivity index (χ1v) is 8.91. The number of guanidine groups is 1. The Kier molecular flexibility index (Phi) is 8.79. The number of aryl methyl sites for hydroxylation is 1. The van der Waals surface area contributed by atoms with Gasteiger partial charge in [-0.25, -0.2) is 9.98 Å². The van der Waals surface area contributed by atoms with E-state index in [1.807, 2.05) is 37.3 Å². The fourth-order valence-electron chi connectivity index (χ4n) is 2.35. The van der Waals surface area contributed by atoms with Crippen LogP contribution in [0.3, 0.4) is 0 Å². The first-order chi connectivity index (χ1) is 13.2. The molecule has 3 aromatic rings. The van der Waals surface area contributed by atoms with Crippen LogP contribution in [0.4, 0.5) is 0 Å². The van der Waals surface area contributed by atoms with Gasteiger partial charge < -0.3 is 19.8 Å². The average molecular weight is 496 g/mol. The van der Waals surface area contributed by atoms with Gasteiger partial charge in [-0.2, -0.15) is 0 Å². The summed E-state index contributed by atoms with van der Waals surface area (Å²) in [5.74, 6) is 3.36. The number of nitrogens with one attached hydrogen (secondary N) is 3. The van der Waals surface area contributed by atoms with Gasteiger partial charge in [0.15, 0.2) is 11.7 Å². The Balaban J connectivity index is 0.00000280. The van der Waals surface area contributed by atoms with Crippen LogP contribution >= 0.6 is 24.0 Å². The van der Waals surface area contributed by atoms with Crippen molar-refractivity contribution in [2.24, 2.45) is 4.99 Å². The number of hydrogen-bond acceptors (Lipinski definition) is 5. The molecule has 0 bridgehead atoms. The van der Waals surface area contributed by atoms with Gasteiger partial charge in [0.2, 0.25) is 5.82 Å². The highest BCUT2D eigenvalue weighted by molar-refractivity contribution is 14.0. The molecule has 0 amide bonds. The van der Waals surface area contributed by atoms with Crippen molar-refractivity contribution >= 4 is 29.9 Å². The summed E-state index contributed by atoms with van der Waals surface area (Å²) in [4.78, 5) is 8.89. The van der Waals surface area contributed by atoms with Gasteiger partial charge in [-0.05, 0) is 38.1 Å². The molecule has 2 heterocycles. The normalized spacial score (nSPS) is 11.0. The smallest absolute Gasteiger partial charge is 0.216 e. The molecule has 3 rings (SSSR count). The van der Waals surface area contributed by atoms with Gasteiger partial charge in [0.1, 0.15) is 24.7 Å². The number of nitrogens with zero attached hydrogens (tertiary/aromatic N) is 3. The van der Waals surface area contributed by atoms with Crippen LogP contribution in [-0.4, -0.2) is 40.8 Å². The number of halogens is 1. The van der Waals surface area contributed by atoms with Crippen molar-refractivity contribution in [2.75, 3.05) is 19.7 Å². The molecule has 0 spiro atoms. The molecular formula is C19H25IN6O2. The third kappa shape index (κ3) is 6.55. The van der Waals surface area contributed by atoms with E-state index in [9.17, 15) is 0 Å². The van der Waals surface area contributed by atoms with E-state index in [2.05, 4.69) is 37.7 Å². The minimum Gasteiger partial charge on any atom is -0.492 e. The molecule has 0 radical (unpaired) electrons. The second-order valence-corrected chi connectivity index (χ2v) is 5.87. The van der Waals surface area contributed by atoms with Crippen molar-refractivity contribution < 1.29 is 9.15 Å². The molecule has 150 valence electrons. The van der Waals surface area contributed by atoms with Crippen LogP contribution in [0.15, 0.2) is 52.1 Å². The van der Waals surface area contributed by atoms with Crippen LogP contribution < -0.4 is 15.4 Å². The average Bonchev–Trinajstić information content (AvgIpc) is 3.36. The van der Waals surface area contributed by atoms with Crippen molar-refractivity contribution in [3.8, 4) is 17.3 Å².